The van der Waals surface area contributed by atoms with Gasteiger partial charge in [0.2, 0.25) is 0 Å². The molecule has 2 aliphatic carbocycles. The highest BCUT2D eigenvalue weighted by Gasteiger charge is 2.56. The van der Waals surface area contributed by atoms with Crippen LogP contribution in [-0.2, 0) is 16.0 Å². The normalized spacial score (nSPS) is 29.8. The first-order valence-electron chi connectivity index (χ1n) is 6.57. The lowest BCUT2D eigenvalue weighted by atomic mass is 9.99. The van der Waals surface area contributed by atoms with Crippen molar-refractivity contribution in [2.45, 2.75) is 32.1 Å². The molecule has 3 atom stereocenters. The molecule has 1 fully saturated rings. The predicted octanol–water partition coefficient (Wildman–Crippen LogP) is 2.92. The number of aryl methyl sites for hydroxylation is 1. The van der Waals surface area contributed by atoms with Gasteiger partial charge in [0.15, 0.2) is 0 Å². The van der Waals surface area contributed by atoms with E-state index in [1.807, 2.05) is 6.92 Å². The molecule has 0 spiro atoms. The van der Waals surface area contributed by atoms with E-state index in [1.54, 1.807) is 0 Å². The highest BCUT2D eigenvalue weighted by Crippen LogP contribution is 2.59. The average molecular weight is 230 g/mol. The van der Waals surface area contributed by atoms with Crippen molar-refractivity contribution < 1.29 is 9.53 Å². The van der Waals surface area contributed by atoms with E-state index in [9.17, 15) is 4.79 Å². The Labute approximate surface area is 102 Å². The molecule has 90 valence electrons. The summed E-state index contributed by atoms with van der Waals surface area (Å²) < 4.78 is 5.17. The third kappa shape index (κ3) is 1.76. The first-order chi connectivity index (χ1) is 8.33. The second-order valence-corrected chi connectivity index (χ2v) is 5.06. The lowest BCUT2D eigenvalue weighted by Gasteiger charge is -2.07. The molecule has 3 rings (SSSR count). The van der Waals surface area contributed by atoms with Crippen molar-refractivity contribution in [3.05, 3.63) is 35.4 Å². The molecular formula is C15H18O2. The molecule has 0 aliphatic heterocycles. The number of benzene rings is 1. The Kier molecular flexibility index (Phi) is 2.65. The molecule has 3 unspecified atom stereocenters. The molecule has 1 aromatic rings. The minimum Gasteiger partial charge on any atom is -0.466 e. The van der Waals surface area contributed by atoms with E-state index in [2.05, 4.69) is 24.3 Å². The van der Waals surface area contributed by atoms with Crippen LogP contribution in [0.2, 0.25) is 0 Å². The van der Waals surface area contributed by atoms with E-state index in [4.69, 9.17) is 4.74 Å². The molecule has 17 heavy (non-hydrogen) atoms. The second-order valence-electron chi connectivity index (χ2n) is 5.06. The van der Waals surface area contributed by atoms with Crippen molar-refractivity contribution in [2.24, 2.45) is 11.8 Å². The van der Waals surface area contributed by atoms with Crippen LogP contribution in [0.1, 0.15) is 36.8 Å². The number of carbonyl (C=O) groups excluding carboxylic acids is 1. The van der Waals surface area contributed by atoms with Gasteiger partial charge in [0.05, 0.1) is 12.5 Å². The minimum atomic E-state index is 0.0132. The molecule has 0 N–H and O–H groups in total. The van der Waals surface area contributed by atoms with Gasteiger partial charge in [-0.3, -0.25) is 4.79 Å². The maximum atomic E-state index is 11.9. The van der Waals surface area contributed by atoms with Crippen molar-refractivity contribution >= 4 is 5.97 Å². The zero-order valence-electron chi connectivity index (χ0n) is 10.2. The summed E-state index contributed by atoms with van der Waals surface area (Å²) in [6.07, 6.45) is 3.54. The quantitative estimate of drug-likeness (QED) is 0.730. The van der Waals surface area contributed by atoms with Crippen molar-refractivity contribution in [2.75, 3.05) is 6.61 Å². The summed E-state index contributed by atoms with van der Waals surface area (Å²) in [6.45, 7) is 2.38. The molecule has 0 radical (unpaired) electrons. The SMILES string of the molecule is CCOC(=O)C1C2CCCc3ccccc3C21. The van der Waals surface area contributed by atoms with E-state index >= 15 is 0 Å². The third-order valence-electron chi connectivity index (χ3n) is 4.13. The van der Waals surface area contributed by atoms with E-state index < -0.39 is 0 Å². The van der Waals surface area contributed by atoms with Crippen LogP contribution >= 0.6 is 0 Å². The molecule has 0 heterocycles. The number of fused-ring (bicyclic) bond motifs is 3. The first-order valence-corrected chi connectivity index (χ1v) is 6.57. The van der Waals surface area contributed by atoms with E-state index in [-0.39, 0.29) is 11.9 Å². The molecule has 2 heteroatoms. The molecule has 2 nitrogen and oxygen atoms in total. The maximum Gasteiger partial charge on any atom is 0.309 e. The van der Waals surface area contributed by atoms with Crippen LogP contribution in [0, 0.1) is 11.8 Å². The van der Waals surface area contributed by atoms with Crippen LogP contribution in [0.3, 0.4) is 0 Å². The number of esters is 1. The van der Waals surface area contributed by atoms with Crippen LogP contribution < -0.4 is 0 Å². The van der Waals surface area contributed by atoms with Gasteiger partial charge < -0.3 is 4.74 Å². The smallest absolute Gasteiger partial charge is 0.309 e. The van der Waals surface area contributed by atoms with Crippen LogP contribution in [0.15, 0.2) is 24.3 Å². The van der Waals surface area contributed by atoms with E-state index in [1.165, 1.54) is 30.4 Å². The van der Waals surface area contributed by atoms with Crippen LogP contribution in [0.5, 0.6) is 0 Å². The first kappa shape index (κ1) is 10.8. The summed E-state index contributed by atoms with van der Waals surface area (Å²) in [7, 11) is 0. The van der Waals surface area contributed by atoms with Gasteiger partial charge in [0, 0.05) is 5.92 Å². The van der Waals surface area contributed by atoms with Crippen molar-refractivity contribution in [3.63, 3.8) is 0 Å². The summed E-state index contributed by atoms with van der Waals surface area (Å²) in [5, 5.41) is 0. The third-order valence-corrected chi connectivity index (χ3v) is 4.13. The highest BCUT2D eigenvalue weighted by atomic mass is 16.5. The van der Waals surface area contributed by atoms with Gasteiger partial charge in [-0.25, -0.2) is 0 Å². The molecule has 1 aromatic carbocycles. The van der Waals surface area contributed by atoms with E-state index in [0.29, 0.717) is 18.4 Å². The molecular weight excluding hydrogens is 212 g/mol. The molecule has 0 aromatic heterocycles. The second kappa shape index (κ2) is 4.17. The fourth-order valence-electron chi connectivity index (χ4n) is 3.33. The van der Waals surface area contributed by atoms with Gasteiger partial charge in [-0.2, -0.15) is 0 Å². The van der Waals surface area contributed by atoms with E-state index in [0.717, 1.165) is 0 Å². The van der Waals surface area contributed by atoms with Crippen LogP contribution in [0.4, 0.5) is 0 Å². The topological polar surface area (TPSA) is 26.3 Å². The number of hydrogen-bond donors (Lipinski definition) is 0. The van der Waals surface area contributed by atoms with Gasteiger partial charge in [-0.05, 0) is 43.2 Å². The maximum absolute atomic E-state index is 11.9. The lowest BCUT2D eigenvalue weighted by Crippen LogP contribution is -2.09. The Bertz CT molecular complexity index is 438. The van der Waals surface area contributed by atoms with Gasteiger partial charge in [0.1, 0.15) is 0 Å². The van der Waals surface area contributed by atoms with Gasteiger partial charge in [0.25, 0.3) is 0 Å². The number of hydrogen-bond acceptors (Lipinski definition) is 2. The summed E-state index contributed by atoms with van der Waals surface area (Å²) in [4.78, 5) is 11.9. The summed E-state index contributed by atoms with van der Waals surface area (Å²) in [6, 6.07) is 8.58. The minimum absolute atomic E-state index is 0.0132. The summed E-state index contributed by atoms with van der Waals surface area (Å²) in [5.74, 6) is 1.13. The Balaban J connectivity index is 1.87. The number of ether oxygens (including phenoxy) is 1. The fraction of sp³-hybridized carbons (Fsp3) is 0.533. The summed E-state index contributed by atoms with van der Waals surface area (Å²) >= 11 is 0. The average Bonchev–Trinajstić information content (AvgIpc) is 3.05. The standard InChI is InChI=1S/C15H18O2/c1-2-17-15(16)14-12-9-5-7-10-6-3-4-8-11(10)13(12)14/h3-4,6,8,12-14H,2,5,7,9H2,1H3. The molecule has 2 aliphatic rings. The lowest BCUT2D eigenvalue weighted by molar-refractivity contribution is -0.145. The molecule has 0 bridgehead atoms. The molecule has 1 saturated carbocycles. The van der Waals surface area contributed by atoms with Gasteiger partial charge >= 0.3 is 5.97 Å². The molecule has 0 amide bonds. The summed E-state index contributed by atoms with van der Waals surface area (Å²) in [5.41, 5.74) is 2.83. The number of rotatable bonds is 2. The fourth-order valence-corrected chi connectivity index (χ4v) is 3.33. The van der Waals surface area contributed by atoms with Crippen molar-refractivity contribution in [3.8, 4) is 0 Å². The Hall–Kier alpha value is -1.31. The monoisotopic (exact) mass is 230 g/mol. The highest BCUT2D eigenvalue weighted by molar-refractivity contribution is 5.78. The predicted molar refractivity (Wildman–Crippen MR) is 65.7 cm³/mol. The molecule has 0 saturated heterocycles. The number of carbonyl (C=O) groups is 1. The zero-order chi connectivity index (χ0) is 11.8. The van der Waals surface area contributed by atoms with Gasteiger partial charge in [-0.15, -0.1) is 0 Å². The Morgan fingerprint density at radius 1 is 1.41 bits per heavy atom. The Morgan fingerprint density at radius 2 is 2.24 bits per heavy atom. The van der Waals surface area contributed by atoms with Crippen LogP contribution in [-0.4, -0.2) is 12.6 Å². The van der Waals surface area contributed by atoms with Crippen molar-refractivity contribution in [1.29, 1.82) is 0 Å². The zero-order valence-corrected chi connectivity index (χ0v) is 10.2. The Morgan fingerprint density at radius 3 is 3.06 bits per heavy atom. The largest absolute Gasteiger partial charge is 0.466 e. The van der Waals surface area contributed by atoms with Gasteiger partial charge in [-0.1, -0.05) is 24.3 Å². The van der Waals surface area contributed by atoms with Crippen molar-refractivity contribution in [1.82, 2.24) is 0 Å². The van der Waals surface area contributed by atoms with Crippen LogP contribution in [0.25, 0.3) is 0 Å².